The monoisotopic (exact) mass is 276 g/mol. The van der Waals surface area contributed by atoms with E-state index in [1.807, 2.05) is 32.0 Å². The third kappa shape index (κ3) is 2.76. The lowest BCUT2D eigenvalue weighted by Gasteiger charge is -2.25. The van der Waals surface area contributed by atoms with Crippen molar-refractivity contribution in [2.75, 3.05) is 4.90 Å². The quantitative estimate of drug-likeness (QED) is 0.887. The number of aliphatic carboxylic acids is 1. The first-order valence-corrected chi connectivity index (χ1v) is 6.95. The lowest BCUT2D eigenvalue weighted by Crippen LogP contribution is -2.50. The highest BCUT2D eigenvalue weighted by molar-refractivity contribution is 6.01. The molecule has 2 atom stereocenters. The smallest absolute Gasteiger partial charge is 0.327 e. The second kappa shape index (κ2) is 5.94. The van der Waals surface area contributed by atoms with Crippen LogP contribution in [0.15, 0.2) is 24.3 Å². The lowest BCUT2D eigenvalue weighted by atomic mass is 10.1. The van der Waals surface area contributed by atoms with Crippen molar-refractivity contribution in [3.05, 3.63) is 29.8 Å². The van der Waals surface area contributed by atoms with E-state index in [2.05, 4.69) is 5.32 Å². The Hall–Kier alpha value is -2.04. The minimum absolute atomic E-state index is 0.0368. The molecule has 0 fully saturated rings. The first-order valence-electron chi connectivity index (χ1n) is 6.95. The van der Waals surface area contributed by atoms with Gasteiger partial charge in [-0.2, -0.15) is 0 Å². The molecule has 0 spiro atoms. The average molecular weight is 276 g/mol. The standard InChI is InChI=1S/C15H20N2O3/c1-3-6-10(2)16-15(20)17-12-8-5-4-7-11(12)9-13(17)14(18)19/h4-5,7-8,10,13H,3,6,9H2,1-2H3,(H,16,20)(H,18,19)/t10?,13-/m0/s1. The van der Waals surface area contributed by atoms with Gasteiger partial charge in [0, 0.05) is 18.2 Å². The largest absolute Gasteiger partial charge is 0.480 e. The number of hydrogen-bond acceptors (Lipinski definition) is 2. The molecule has 0 bridgehead atoms. The number of benzene rings is 1. The van der Waals surface area contributed by atoms with Crippen molar-refractivity contribution in [3.8, 4) is 0 Å². The maximum atomic E-state index is 12.4. The van der Waals surface area contributed by atoms with E-state index in [0.717, 1.165) is 18.4 Å². The van der Waals surface area contributed by atoms with E-state index in [9.17, 15) is 14.7 Å². The van der Waals surface area contributed by atoms with Crippen LogP contribution in [0.2, 0.25) is 0 Å². The van der Waals surface area contributed by atoms with Gasteiger partial charge in [-0.1, -0.05) is 31.5 Å². The number of para-hydroxylation sites is 1. The zero-order chi connectivity index (χ0) is 14.7. The molecule has 0 radical (unpaired) electrons. The topological polar surface area (TPSA) is 69.6 Å². The second-order valence-corrected chi connectivity index (χ2v) is 5.20. The Morgan fingerprint density at radius 1 is 1.45 bits per heavy atom. The van der Waals surface area contributed by atoms with Crippen molar-refractivity contribution in [2.45, 2.75) is 45.2 Å². The van der Waals surface area contributed by atoms with E-state index in [0.29, 0.717) is 12.1 Å². The van der Waals surface area contributed by atoms with Crippen molar-refractivity contribution in [2.24, 2.45) is 0 Å². The summed E-state index contributed by atoms with van der Waals surface area (Å²) in [6, 6.07) is 6.23. The SMILES string of the molecule is CCCC(C)NC(=O)N1c2ccccc2C[C@H]1C(=O)O. The van der Waals surface area contributed by atoms with Gasteiger partial charge in [0.1, 0.15) is 6.04 Å². The summed E-state index contributed by atoms with van der Waals surface area (Å²) in [4.78, 5) is 25.1. The van der Waals surface area contributed by atoms with Crippen LogP contribution in [0.5, 0.6) is 0 Å². The van der Waals surface area contributed by atoms with E-state index in [-0.39, 0.29) is 12.1 Å². The van der Waals surface area contributed by atoms with E-state index < -0.39 is 12.0 Å². The van der Waals surface area contributed by atoms with Gasteiger partial charge in [-0.05, 0) is 25.0 Å². The number of nitrogens with one attached hydrogen (secondary N) is 1. The fourth-order valence-electron chi connectivity index (χ4n) is 2.62. The molecule has 1 aromatic rings. The Morgan fingerprint density at radius 3 is 2.80 bits per heavy atom. The number of nitrogens with zero attached hydrogens (tertiary/aromatic N) is 1. The first-order chi connectivity index (χ1) is 9.54. The zero-order valence-corrected chi connectivity index (χ0v) is 11.8. The van der Waals surface area contributed by atoms with Gasteiger partial charge in [-0.15, -0.1) is 0 Å². The lowest BCUT2D eigenvalue weighted by molar-refractivity contribution is -0.138. The van der Waals surface area contributed by atoms with Crippen LogP contribution in [0.4, 0.5) is 10.5 Å². The molecule has 108 valence electrons. The molecular formula is C15H20N2O3. The highest BCUT2D eigenvalue weighted by Crippen LogP contribution is 2.32. The number of fused-ring (bicyclic) bond motifs is 1. The van der Waals surface area contributed by atoms with Gasteiger partial charge in [-0.25, -0.2) is 9.59 Å². The molecule has 1 unspecified atom stereocenters. The Balaban J connectivity index is 2.22. The molecule has 1 aromatic carbocycles. The third-order valence-corrected chi connectivity index (χ3v) is 3.57. The summed E-state index contributed by atoms with van der Waals surface area (Å²) in [5.41, 5.74) is 1.60. The number of carboxylic acid groups (broad SMARTS) is 1. The molecule has 1 aliphatic rings. The van der Waals surface area contributed by atoms with Crippen molar-refractivity contribution < 1.29 is 14.7 Å². The number of carbonyl (C=O) groups is 2. The Morgan fingerprint density at radius 2 is 2.15 bits per heavy atom. The predicted molar refractivity (Wildman–Crippen MR) is 77.0 cm³/mol. The van der Waals surface area contributed by atoms with Crippen LogP contribution in [0.1, 0.15) is 32.3 Å². The zero-order valence-electron chi connectivity index (χ0n) is 11.8. The third-order valence-electron chi connectivity index (χ3n) is 3.57. The van der Waals surface area contributed by atoms with Gasteiger partial charge in [0.2, 0.25) is 0 Å². The molecule has 1 heterocycles. The Labute approximate surface area is 118 Å². The minimum atomic E-state index is -0.973. The normalized spacial score (nSPS) is 18.5. The fourth-order valence-corrected chi connectivity index (χ4v) is 2.62. The number of anilines is 1. The van der Waals surface area contributed by atoms with Crippen molar-refractivity contribution in [3.63, 3.8) is 0 Å². The molecule has 1 aliphatic heterocycles. The molecule has 0 aromatic heterocycles. The maximum Gasteiger partial charge on any atom is 0.327 e. The number of rotatable bonds is 4. The Kier molecular flexibility index (Phi) is 4.27. The number of urea groups is 1. The van der Waals surface area contributed by atoms with Crippen molar-refractivity contribution >= 4 is 17.7 Å². The van der Waals surface area contributed by atoms with Gasteiger partial charge in [0.15, 0.2) is 0 Å². The van der Waals surface area contributed by atoms with Crippen LogP contribution < -0.4 is 10.2 Å². The minimum Gasteiger partial charge on any atom is -0.480 e. The van der Waals surface area contributed by atoms with Crippen molar-refractivity contribution in [1.82, 2.24) is 5.32 Å². The van der Waals surface area contributed by atoms with Crippen LogP contribution in [0.25, 0.3) is 0 Å². The fraction of sp³-hybridized carbons (Fsp3) is 0.467. The molecule has 2 amide bonds. The molecule has 5 heteroatoms. The van der Waals surface area contributed by atoms with Gasteiger partial charge in [0.25, 0.3) is 0 Å². The second-order valence-electron chi connectivity index (χ2n) is 5.20. The van der Waals surface area contributed by atoms with Crippen LogP contribution >= 0.6 is 0 Å². The van der Waals surface area contributed by atoms with E-state index in [1.165, 1.54) is 4.90 Å². The van der Waals surface area contributed by atoms with Gasteiger partial charge in [-0.3, -0.25) is 4.90 Å². The summed E-state index contributed by atoms with van der Waals surface area (Å²) in [5.74, 6) is -0.973. The molecule has 0 saturated carbocycles. The van der Waals surface area contributed by atoms with Crippen LogP contribution in [0, 0.1) is 0 Å². The molecule has 5 nitrogen and oxygen atoms in total. The Bertz CT molecular complexity index is 516. The van der Waals surface area contributed by atoms with Gasteiger partial charge < -0.3 is 10.4 Å². The number of amides is 2. The maximum absolute atomic E-state index is 12.4. The summed E-state index contributed by atoms with van der Waals surface area (Å²) < 4.78 is 0. The van der Waals surface area contributed by atoms with Crippen LogP contribution in [-0.4, -0.2) is 29.2 Å². The van der Waals surface area contributed by atoms with Crippen LogP contribution in [0.3, 0.4) is 0 Å². The molecular weight excluding hydrogens is 256 g/mol. The number of carbonyl (C=O) groups excluding carboxylic acids is 1. The molecule has 2 rings (SSSR count). The van der Waals surface area contributed by atoms with Gasteiger partial charge >= 0.3 is 12.0 Å². The summed E-state index contributed by atoms with van der Waals surface area (Å²) in [6.45, 7) is 3.98. The van der Waals surface area contributed by atoms with Crippen molar-refractivity contribution in [1.29, 1.82) is 0 Å². The first kappa shape index (κ1) is 14.4. The number of carboxylic acids is 1. The molecule has 0 aliphatic carbocycles. The van der Waals surface area contributed by atoms with E-state index in [1.54, 1.807) is 6.07 Å². The molecule has 20 heavy (non-hydrogen) atoms. The van der Waals surface area contributed by atoms with E-state index in [4.69, 9.17) is 0 Å². The van der Waals surface area contributed by atoms with Crippen LogP contribution in [-0.2, 0) is 11.2 Å². The number of hydrogen-bond donors (Lipinski definition) is 2. The summed E-state index contributed by atoms with van der Waals surface area (Å²) >= 11 is 0. The molecule has 0 saturated heterocycles. The highest BCUT2D eigenvalue weighted by Gasteiger charge is 2.38. The summed E-state index contributed by atoms with van der Waals surface area (Å²) in [7, 11) is 0. The summed E-state index contributed by atoms with van der Waals surface area (Å²) in [6.07, 6.45) is 2.21. The summed E-state index contributed by atoms with van der Waals surface area (Å²) in [5, 5.41) is 12.2. The predicted octanol–water partition coefficient (Wildman–Crippen LogP) is 2.40. The van der Waals surface area contributed by atoms with E-state index >= 15 is 0 Å². The average Bonchev–Trinajstić information content (AvgIpc) is 2.78. The highest BCUT2D eigenvalue weighted by atomic mass is 16.4. The molecule has 2 N–H and O–H groups in total. The van der Waals surface area contributed by atoms with Gasteiger partial charge in [0.05, 0.1) is 0 Å².